The van der Waals surface area contributed by atoms with Gasteiger partial charge in [-0.3, -0.25) is 4.79 Å². The van der Waals surface area contributed by atoms with Crippen LogP contribution in [0.15, 0.2) is 42.5 Å². The van der Waals surface area contributed by atoms with Crippen LogP contribution < -0.4 is 14.8 Å². The average Bonchev–Trinajstić information content (AvgIpc) is 3.02. The first-order valence-corrected chi connectivity index (χ1v) is 10.1. The third kappa shape index (κ3) is 4.94. The number of methoxy groups -OCH3 is 2. The predicted molar refractivity (Wildman–Crippen MR) is 118 cm³/mol. The topological polar surface area (TPSA) is 65.4 Å². The molecule has 1 amide bonds. The maximum absolute atomic E-state index is 12.7. The van der Waals surface area contributed by atoms with Crippen molar-refractivity contribution in [2.45, 2.75) is 26.8 Å². The average molecular weight is 428 g/mol. The summed E-state index contributed by atoms with van der Waals surface area (Å²) in [7, 11) is 3.20. The van der Waals surface area contributed by atoms with Gasteiger partial charge in [-0.05, 0) is 43.5 Å². The van der Waals surface area contributed by atoms with Gasteiger partial charge in [0.2, 0.25) is 0 Å². The molecule has 0 aliphatic rings. The highest BCUT2D eigenvalue weighted by molar-refractivity contribution is 6.33. The van der Waals surface area contributed by atoms with Crippen LogP contribution in [-0.4, -0.2) is 36.5 Å². The summed E-state index contributed by atoms with van der Waals surface area (Å²) in [5.74, 6) is 1.11. The van der Waals surface area contributed by atoms with Gasteiger partial charge in [0.1, 0.15) is 5.15 Å². The molecule has 0 spiro atoms. The van der Waals surface area contributed by atoms with Crippen LogP contribution in [0.3, 0.4) is 0 Å². The van der Waals surface area contributed by atoms with Gasteiger partial charge in [-0.1, -0.05) is 47.5 Å². The van der Waals surface area contributed by atoms with Crippen LogP contribution in [0.1, 0.15) is 32.7 Å². The highest BCUT2D eigenvalue weighted by Crippen LogP contribution is 2.27. The van der Waals surface area contributed by atoms with Crippen LogP contribution in [0.4, 0.5) is 0 Å². The van der Waals surface area contributed by atoms with E-state index in [0.29, 0.717) is 47.4 Å². The van der Waals surface area contributed by atoms with Crippen LogP contribution in [-0.2, 0) is 13.0 Å². The molecule has 1 aromatic heterocycles. The highest BCUT2D eigenvalue weighted by Gasteiger charge is 2.20. The first kappa shape index (κ1) is 21.7. The standard InChI is InChI=1S/C23H26ClN3O3/c1-15-5-7-18(8-6-15)14-27-22(24)21(16(2)26-27)23(28)25-12-11-17-9-10-19(29-3)20(13-17)30-4/h5-10,13H,11-12,14H2,1-4H3,(H,25,28). The molecule has 2 aromatic carbocycles. The summed E-state index contributed by atoms with van der Waals surface area (Å²) in [5, 5.41) is 7.73. The summed E-state index contributed by atoms with van der Waals surface area (Å²) in [6.45, 7) is 4.81. The Hall–Kier alpha value is -2.99. The number of nitrogens with zero attached hydrogens (tertiary/aromatic N) is 2. The molecular weight excluding hydrogens is 402 g/mol. The van der Waals surface area contributed by atoms with Gasteiger partial charge in [0.05, 0.1) is 32.0 Å². The second kappa shape index (κ2) is 9.67. The van der Waals surface area contributed by atoms with Gasteiger partial charge in [-0.15, -0.1) is 0 Å². The lowest BCUT2D eigenvalue weighted by Crippen LogP contribution is -2.26. The molecular formula is C23H26ClN3O3. The second-order valence-corrected chi connectivity index (χ2v) is 7.45. The molecule has 0 saturated heterocycles. The Balaban J connectivity index is 1.64. The number of hydrogen-bond donors (Lipinski definition) is 1. The monoisotopic (exact) mass is 427 g/mol. The smallest absolute Gasteiger partial charge is 0.256 e. The number of aryl methyl sites for hydroxylation is 2. The Bertz CT molecular complexity index is 1030. The van der Waals surface area contributed by atoms with E-state index in [2.05, 4.69) is 10.4 Å². The number of halogens is 1. The third-order valence-electron chi connectivity index (χ3n) is 4.89. The fourth-order valence-electron chi connectivity index (χ4n) is 3.23. The van der Waals surface area contributed by atoms with E-state index in [1.54, 1.807) is 25.8 Å². The van der Waals surface area contributed by atoms with E-state index in [0.717, 1.165) is 11.1 Å². The Labute approximate surface area is 181 Å². The van der Waals surface area contributed by atoms with Crippen molar-refractivity contribution in [3.8, 4) is 11.5 Å². The quantitative estimate of drug-likeness (QED) is 0.585. The van der Waals surface area contributed by atoms with Crippen molar-refractivity contribution in [1.29, 1.82) is 0 Å². The normalized spacial score (nSPS) is 10.7. The minimum Gasteiger partial charge on any atom is -0.493 e. The molecule has 0 fully saturated rings. The number of hydrogen-bond acceptors (Lipinski definition) is 4. The van der Waals surface area contributed by atoms with E-state index in [-0.39, 0.29) is 5.91 Å². The van der Waals surface area contributed by atoms with Crippen molar-refractivity contribution in [3.05, 3.63) is 75.6 Å². The van der Waals surface area contributed by atoms with Crippen molar-refractivity contribution in [2.24, 2.45) is 0 Å². The van der Waals surface area contributed by atoms with Gasteiger partial charge in [-0.2, -0.15) is 5.10 Å². The highest BCUT2D eigenvalue weighted by atomic mass is 35.5. The molecule has 30 heavy (non-hydrogen) atoms. The van der Waals surface area contributed by atoms with Crippen LogP contribution in [0, 0.1) is 13.8 Å². The molecule has 7 heteroatoms. The summed E-state index contributed by atoms with van der Waals surface area (Å²) < 4.78 is 12.2. The van der Waals surface area contributed by atoms with E-state index >= 15 is 0 Å². The zero-order valence-electron chi connectivity index (χ0n) is 17.7. The molecule has 158 valence electrons. The van der Waals surface area contributed by atoms with Crippen LogP contribution in [0.2, 0.25) is 5.15 Å². The Kier molecular flexibility index (Phi) is 7.00. The molecule has 6 nitrogen and oxygen atoms in total. The van der Waals surface area contributed by atoms with E-state index in [9.17, 15) is 4.79 Å². The van der Waals surface area contributed by atoms with Gasteiger partial charge in [-0.25, -0.2) is 4.68 Å². The van der Waals surface area contributed by atoms with Gasteiger partial charge in [0.15, 0.2) is 11.5 Å². The van der Waals surface area contributed by atoms with E-state index in [1.165, 1.54) is 5.56 Å². The molecule has 3 rings (SSSR count). The lowest BCUT2D eigenvalue weighted by atomic mass is 10.1. The Morgan fingerprint density at radius 1 is 1.03 bits per heavy atom. The number of nitrogens with one attached hydrogen (secondary N) is 1. The van der Waals surface area contributed by atoms with E-state index in [1.807, 2.05) is 49.4 Å². The van der Waals surface area contributed by atoms with Crippen LogP contribution in [0.5, 0.6) is 11.5 Å². The fourth-order valence-corrected chi connectivity index (χ4v) is 3.55. The van der Waals surface area contributed by atoms with E-state index in [4.69, 9.17) is 21.1 Å². The number of carbonyl (C=O) groups excluding carboxylic acids is 1. The number of ether oxygens (including phenoxy) is 2. The maximum atomic E-state index is 12.7. The van der Waals surface area contributed by atoms with Gasteiger partial charge in [0, 0.05) is 6.54 Å². The zero-order chi connectivity index (χ0) is 21.7. The summed E-state index contributed by atoms with van der Waals surface area (Å²) in [6, 6.07) is 13.9. The van der Waals surface area contributed by atoms with Crippen molar-refractivity contribution in [2.75, 3.05) is 20.8 Å². The number of carbonyl (C=O) groups is 1. The molecule has 0 aliphatic heterocycles. The maximum Gasteiger partial charge on any atom is 0.256 e. The lowest BCUT2D eigenvalue weighted by Gasteiger charge is -2.10. The SMILES string of the molecule is COc1ccc(CCNC(=O)c2c(C)nn(Cc3ccc(C)cc3)c2Cl)cc1OC. The summed E-state index contributed by atoms with van der Waals surface area (Å²) >= 11 is 6.48. The number of aromatic nitrogens is 2. The zero-order valence-corrected chi connectivity index (χ0v) is 18.4. The minimum atomic E-state index is -0.229. The number of benzene rings is 2. The molecule has 1 N–H and O–H groups in total. The molecule has 0 radical (unpaired) electrons. The van der Waals surface area contributed by atoms with Gasteiger partial charge in [0.25, 0.3) is 5.91 Å². The van der Waals surface area contributed by atoms with E-state index < -0.39 is 0 Å². The lowest BCUT2D eigenvalue weighted by molar-refractivity contribution is 0.0953. The number of rotatable bonds is 8. The van der Waals surface area contributed by atoms with Crippen molar-refractivity contribution < 1.29 is 14.3 Å². The molecule has 0 unspecified atom stereocenters. The largest absolute Gasteiger partial charge is 0.493 e. The fraction of sp³-hybridized carbons (Fsp3) is 0.304. The summed E-state index contributed by atoms with van der Waals surface area (Å²) in [6.07, 6.45) is 0.653. The van der Waals surface area contributed by atoms with Crippen LogP contribution in [0.25, 0.3) is 0 Å². The Morgan fingerprint density at radius 2 is 1.70 bits per heavy atom. The second-order valence-electron chi connectivity index (χ2n) is 7.09. The third-order valence-corrected chi connectivity index (χ3v) is 5.28. The van der Waals surface area contributed by atoms with Gasteiger partial charge >= 0.3 is 0 Å². The summed E-state index contributed by atoms with van der Waals surface area (Å²) in [4.78, 5) is 12.7. The molecule has 3 aromatic rings. The summed E-state index contributed by atoms with van der Waals surface area (Å²) in [5.41, 5.74) is 4.32. The Morgan fingerprint density at radius 3 is 2.37 bits per heavy atom. The predicted octanol–water partition coefficient (Wildman–Crippen LogP) is 4.19. The molecule has 0 bridgehead atoms. The van der Waals surface area contributed by atoms with Crippen molar-refractivity contribution in [1.82, 2.24) is 15.1 Å². The molecule has 0 saturated carbocycles. The molecule has 0 atom stereocenters. The van der Waals surface area contributed by atoms with Crippen LogP contribution >= 0.6 is 11.6 Å². The molecule has 0 aliphatic carbocycles. The number of amides is 1. The molecule has 1 heterocycles. The first-order chi connectivity index (χ1) is 14.4. The first-order valence-electron chi connectivity index (χ1n) is 9.70. The van der Waals surface area contributed by atoms with Crippen molar-refractivity contribution in [3.63, 3.8) is 0 Å². The van der Waals surface area contributed by atoms with Crippen molar-refractivity contribution >= 4 is 17.5 Å². The minimum absolute atomic E-state index is 0.229. The van der Waals surface area contributed by atoms with Gasteiger partial charge < -0.3 is 14.8 Å².